The lowest BCUT2D eigenvalue weighted by atomic mass is 10.2. The van der Waals surface area contributed by atoms with E-state index in [-0.39, 0.29) is 11.4 Å². The fourth-order valence-electron chi connectivity index (χ4n) is 0.956. The van der Waals surface area contributed by atoms with Crippen LogP contribution in [0.5, 0.6) is 0 Å². The van der Waals surface area contributed by atoms with Crippen LogP contribution in [0.4, 0.5) is 0 Å². The number of hydrogen-bond donors (Lipinski definition) is 1. The predicted molar refractivity (Wildman–Crippen MR) is 54.9 cm³/mol. The standard InChI is InChI=1S/C8H10O3S2/c1-5(9)6(7(10)11)8-12-3-2-4-13-8/h2-4H2,1H3,(H,10,11). The Morgan fingerprint density at radius 2 is 1.85 bits per heavy atom. The molecule has 72 valence electrons. The third-order valence-electron chi connectivity index (χ3n) is 1.53. The van der Waals surface area contributed by atoms with Crippen molar-refractivity contribution in [3.8, 4) is 0 Å². The number of Topliss-reactive ketones (excluding diaryl/α,β-unsaturated/α-hetero) is 1. The minimum absolute atomic E-state index is 0.0466. The van der Waals surface area contributed by atoms with Gasteiger partial charge in [0.05, 0.1) is 4.24 Å². The van der Waals surface area contributed by atoms with E-state index < -0.39 is 5.97 Å². The Morgan fingerprint density at radius 1 is 1.31 bits per heavy atom. The first kappa shape index (κ1) is 10.7. The lowest BCUT2D eigenvalue weighted by Gasteiger charge is -2.14. The number of carboxylic acids is 1. The van der Waals surface area contributed by atoms with Crippen LogP contribution in [0.3, 0.4) is 0 Å². The number of ketones is 1. The summed E-state index contributed by atoms with van der Waals surface area (Å²) in [5, 5.41) is 8.79. The van der Waals surface area contributed by atoms with E-state index in [1.54, 1.807) is 0 Å². The van der Waals surface area contributed by atoms with Gasteiger partial charge in [0.25, 0.3) is 0 Å². The van der Waals surface area contributed by atoms with Crippen LogP contribution in [0, 0.1) is 0 Å². The molecule has 0 aliphatic carbocycles. The van der Waals surface area contributed by atoms with Crippen molar-refractivity contribution in [3.05, 3.63) is 9.81 Å². The SMILES string of the molecule is CC(=O)C(C(=O)O)=C1SCCCS1. The summed E-state index contributed by atoms with van der Waals surface area (Å²) in [5.41, 5.74) is -0.0466. The van der Waals surface area contributed by atoms with Gasteiger partial charge in [0.1, 0.15) is 5.57 Å². The van der Waals surface area contributed by atoms with Crippen molar-refractivity contribution in [2.75, 3.05) is 11.5 Å². The summed E-state index contributed by atoms with van der Waals surface area (Å²) in [6, 6.07) is 0. The topological polar surface area (TPSA) is 54.4 Å². The molecule has 13 heavy (non-hydrogen) atoms. The van der Waals surface area contributed by atoms with Crippen LogP contribution in [0.25, 0.3) is 0 Å². The summed E-state index contributed by atoms with van der Waals surface area (Å²) in [6.45, 7) is 1.30. The lowest BCUT2D eigenvalue weighted by molar-refractivity contribution is -0.134. The quantitative estimate of drug-likeness (QED) is 0.434. The van der Waals surface area contributed by atoms with Gasteiger partial charge in [0, 0.05) is 0 Å². The highest BCUT2D eigenvalue weighted by molar-refractivity contribution is 8.22. The van der Waals surface area contributed by atoms with E-state index in [9.17, 15) is 9.59 Å². The van der Waals surface area contributed by atoms with Crippen LogP contribution >= 0.6 is 23.5 Å². The van der Waals surface area contributed by atoms with Crippen LogP contribution in [-0.2, 0) is 9.59 Å². The average molecular weight is 218 g/mol. The molecule has 0 radical (unpaired) electrons. The molecule has 3 nitrogen and oxygen atoms in total. The third kappa shape index (κ3) is 2.77. The number of carbonyl (C=O) groups is 2. The number of aliphatic carboxylic acids is 1. The number of carboxylic acid groups (broad SMARTS) is 1. The van der Waals surface area contributed by atoms with E-state index in [1.807, 2.05) is 0 Å². The molecule has 0 atom stereocenters. The maximum atomic E-state index is 11.0. The molecule has 5 heteroatoms. The molecule has 1 fully saturated rings. The van der Waals surface area contributed by atoms with Gasteiger partial charge in [0.15, 0.2) is 5.78 Å². The van der Waals surface area contributed by atoms with Gasteiger partial charge in [0.2, 0.25) is 0 Å². The van der Waals surface area contributed by atoms with Crippen molar-refractivity contribution in [2.24, 2.45) is 0 Å². The molecule has 0 aromatic heterocycles. The maximum Gasteiger partial charge on any atom is 0.341 e. The monoisotopic (exact) mass is 218 g/mol. The molecule has 1 N–H and O–H groups in total. The Kier molecular flexibility index (Phi) is 3.87. The molecule has 0 bridgehead atoms. The Morgan fingerprint density at radius 3 is 2.23 bits per heavy atom. The molecule has 1 aliphatic rings. The van der Waals surface area contributed by atoms with Gasteiger partial charge in [-0.1, -0.05) is 0 Å². The van der Waals surface area contributed by atoms with Crippen molar-refractivity contribution in [2.45, 2.75) is 13.3 Å². The smallest absolute Gasteiger partial charge is 0.341 e. The van der Waals surface area contributed by atoms with Crippen molar-refractivity contribution in [1.29, 1.82) is 0 Å². The minimum atomic E-state index is -1.11. The van der Waals surface area contributed by atoms with Gasteiger partial charge in [-0.15, -0.1) is 23.5 Å². The second kappa shape index (κ2) is 4.72. The van der Waals surface area contributed by atoms with Gasteiger partial charge in [-0.2, -0.15) is 0 Å². The highest BCUT2D eigenvalue weighted by Crippen LogP contribution is 2.37. The number of thioether (sulfide) groups is 2. The number of carbonyl (C=O) groups excluding carboxylic acids is 1. The third-order valence-corrected chi connectivity index (χ3v) is 4.15. The molecule has 0 aromatic carbocycles. The highest BCUT2D eigenvalue weighted by atomic mass is 32.2. The first-order chi connectivity index (χ1) is 6.13. The largest absolute Gasteiger partial charge is 0.478 e. The minimum Gasteiger partial charge on any atom is -0.478 e. The predicted octanol–water partition coefficient (Wildman–Crippen LogP) is 1.74. The Labute approximate surface area is 85.0 Å². The molecule has 0 aromatic rings. The summed E-state index contributed by atoms with van der Waals surface area (Å²) in [6.07, 6.45) is 1.07. The van der Waals surface area contributed by atoms with E-state index in [0.717, 1.165) is 17.9 Å². The summed E-state index contributed by atoms with van der Waals surface area (Å²) in [5.74, 6) is 0.354. The zero-order chi connectivity index (χ0) is 9.84. The van der Waals surface area contributed by atoms with E-state index >= 15 is 0 Å². The lowest BCUT2D eigenvalue weighted by Crippen LogP contribution is -2.12. The zero-order valence-corrected chi connectivity index (χ0v) is 8.83. The Hall–Kier alpha value is -0.420. The van der Waals surface area contributed by atoms with Gasteiger partial charge in [-0.25, -0.2) is 4.79 Å². The van der Waals surface area contributed by atoms with Crippen LogP contribution in [0.2, 0.25) is 0 Å². The van der Waals surface area contributed by atoms with Gasteiger partial charge < -0.3 is 5.11 Å². The molecule has 0 unspecified atom stereocenters. The maximum absolute atomic E-state index is 11.0. The highest BCUT2D eigenvalue weighted by Gasteiger charge is 2.21. The van der Waals surface area contributed by atoms with Crippen LogP contribution in [0.15, 0.2) is 9.81 Å². The fraction of sp³-hybridized carbons (Fsp3) is 0.500. The average Bonchev–Trinajstić information content (AvgIpc) is 2.04. The van der Waals surface area contributed by atoms with Crippen molar-refractivity contribution >= 4 is 35.3 Å². The molecule has 0 spiro atoms. The van der Waals surface area contributed by atoms with Crippen molar-refractivity contribution in [3.63, 3.8) is 0 Å². The second-order valence-corrected chi connectivity index (χ2v) is 5.04. The number of hydrogen-bond acceptors (Lipinski definition) is 4. The summed E-state index contributed by atoms with van der Waals surface area (Å²) < 4.78 is 0.672. The summed E-state index contributed by atoms with van der Waals surface area (Å²) in [4.78, 5) is 21.8. The number of rotatable bonds is 2. The molecular weight excluding hydrogens is 208 g/mol. The first-order valence-corrected chi connectivity index (χ1v) is 5.84. The van der Waals surface area contributed by atoms with E-state index in [4.69, 9.17) is 5.11 Å². The van der Waals surface area contributed by atoms with Crippen LogP contribution < -0.4 is 0 Å². The molecule has 0 amide bonds. The zero-order valence-electron chi connectivity index (χ0n) is 7.20. The normalized spacial score (nSPS) is 16.8. The second-order valence-electron chi connectivity index (χ2n) is 2.57. The Bertz CT molecular complexity index is 247. The van der Waals surface area contributed by atoms with Crippen molar-refractivity contribution < 1.29 is 14.7 Å². The molecule has 1 heterocycles. The molecule has 1 saturated heterocycles. The van der Waals surface area contributed by atoms with Gasteiger partial charge in [-0.3, -0.25) is 4.79 Å². The van der Waals surface area contributed by atoms with Crippen molar-refractivity contribution in [1.82, 2.24) is 0 Å². The van der Waals surface area contributed by atoms with E-state index in [1.165, 1.54) is 30.4 Å². The fourth-order valence-corrected chi connectivity index (χ4v) is 3.67. The molecule has 1 rings (SSSR count). The van der Waals surface area contributed by atoms with Crippen LogP contribution in [0.1, 0.15) is 13.3 Å². The van der Waals surface area contributed by atoms with E-state index in [0.29, 0.717) is 4.24 Å². The first-order valence-electron chi connectivity index (χ1n) is 3.87. The molecule has 1 aliphatic heterocycles. The van der Waals surface area contributed by atoms with Crippen LogP contribution in [-0.4, -0.2) is 28.4 Å². The Balaban J connectivity index is 2.93. The molecule has 0 saturated carbocycles. The van der Waals surface area contributed by atoms with Gasteiger partial charge in [-0.05, 0) is 24.9 Å². The van der Waals surface area contributed by atoms with Gasteiger partial charge >= 0.3 is 5.97 Å². The summed E-state index contributed by atoms with van der Waals surface area (Å²) >= 11 is 2.94. The summed E-state index contributed by atoms with van der Waals surface area (Å²) in [7, 11) is 0. The molecular formula is C8H10O3S2. The van der Waals surface area contributed by atoms with E-state index in [2.05, 4.69) is 0 Å².